The highest BCUT2D eigenvalue weighted by atomic mass is 79.9. The number of nitrogens with zero attached hydrogens (tertiary/aromatic N) is 1. The van der Waals surface area contributed by atoms with Crippen LogP contribution >= 0.6 is 43.2 Å². The molecular formula is C24H26Br2N2O2S. The van der Waals surface area contributed by atoms with E-state index in [0.717, 1.165) is 30.8 Å². The average Bonchev–Trinajstić information content (AvgIpc) is 3.06. The molecule has 7 heteroatoms. The summed E-state index contributed by atoms with van der Waals surface area (Å²) in [6, 6.07) is 14.2. The number of hydrogen-bond acceptors (Lipinski definition) is 4. The third-order valence-corrected chi connectivity index (χ3v) is 6.80. The Morgan fingerprint density at radius 1 is 1.13 bits per heavy atom. The van der Waals surface area contributed by atoms with E-state index in [0.29, 0.717) is 24.6 Å². The molecule has 1 N–H and O–H groups in total. The quantitative estimate of drug-likeness (QED) is 0.298. The molecule has 31 heavy (non-hydrogen) atoms. The van der Waals surface area contributed by atoms with Crippen LogP contribution in [0, 0.1) is 6.92 Å². The Bertz CT molecular complexity index is 1060. The highest BCUT2D eigenvalue weighted by Crippen LogP contribution is 2.32. The Balaban J connectivity index is 1.49. The summed E-state index contributed by atoms with van der Waals surface area (Å²) in [6.45, 7) is 9.03. The van der Waals surface area contributed by atoms with E-state index in [1.54, 1.807) is 0 Å². The van der Waals surface area contributed by atoms with Crippen LogP contribution in [0.25, 0.3) is 11.3 Å². The number of carbonyl (C=O) groups excluding carboxylic acids is 1. The van der Waals surface area contributed by atoms with E-state index in [2.05, 4.69) is 75.1 Å². The first-order chi connectivity index (χ1) is 14.6. The standard InChI is InChI=1S/C24H26Br2N2O2S/c1-15-22(16-7-10-18(25)11-8-16)28-23(31-15)27-21(29)6-5-13-30-20-12-9-17(14-19(20)26)24(2,3)4/h7-12,14H,5-6,13H2,1-4H3,(H,27,28,29). The molecule has 0 spiro atoms. The second-order valence-corrected chi connectivity index (χ2v) is 11.3. The lowest BCUT2D eigenvalue weighted by molar-refractivity contribution is -0.116. The lowest BCUT2D eigenvalue weighted by atomic mass is 9.87. The van der Waals surface area contributed by atoms with Crippen LogP contribution in [-0.4, -0.2) is 17.5 Å². The predicted molar refractivity (Wildman–Crippen MR) is 136 cm³/mol. The summed E-state index contributed by atoms with van der Waals surface area (Å²) in [5.74, 6) is 0.741. The number of carbonyl (C=O) groups is 1. The van der Waals surface area contributed by atoms with Crippen molar-refractivity contribution in [3.63, 3.8) is 0 Å². The molecule has 3 aromatic rings. The van der Waals surface area contributed by atoms with Crippen molar-refractivity contribution in [1.29, 1.82) is 0 Å². The van der Waals surface area contributed by atoms with E-state index in [9.17, 15) is 4.79 Å². The van der Waals surface area contributed by atoms with Crippen LogP contribution in [0.15, 0.2) is 51.4 Å². The normalized spacial score (nSPS) is 11.4. The van der Waals surface area contributed by atoms with Gasteiger partial charge in [0.15, 0.2) is 5.13 Å². The number of aryl methyl sites for hydroxylation is 1. The van der Waals surface area contributed by atoms with Crippen molar-refractivity contribution in [2.24, 2.45) is 0 Å². The molecule has 0 atom stereocenters. The van der Waals surface area contributed by atoms with Crippen LogP contribution in [0.4, 0.5) is 5.13 Å². The molecule has 0 aliphatic rings. The molecule has 1 heterocycles. The van der Waals surface area contributed by atoms with Crippen molar-refractivity contribution in [2.75, 3.05) is 11.9 Å². The van der Waals surface area contributed by atoms with Crippen molar-refractivity contribution in [1.82, 2.24) is 4.98 Å². The Morgan fingerprint density at radius 2 is 1.84 bits per heavy atom. The van der Waals surface area contributed by atoms with Gasteiger partial charge in [0, 0.05) is 21.3 Å². The summed E-state index contributed by atoms with van der Waals surface area (Å²) in [7, 11) is 0. The Hall–Kier alpha value is -1.70. The summed E-state index contributed by atoms with van der Waals surface area (Å²) in [6.07, 6.45) is 1.01. The molecule has 3 rings (SSSR count). The van der Waals surface area contributed by atoms with Gasteiger partial charge in [-0.15, -0.1) is 11.3 Å². The molecule has 0 unspecified atom stereocenters. The van der Waals surface area contributed by atoms with Crippen LogP contribution in [0.2, 0.25) is 0 Å². The molecule has 0 aliphatic heterocycles. The lowest BCUT2D eigenvalue weighted by Gasteiger charge is -2.20. The Labute approximate surface area is 204 Å². The van der Waals surface area contributed by atoms with Crippen molar-refractivity contribution in [3.05, 3.63) is 61.9 Å². The number of amides is 1. The zero-order valence-corrected chi connectivity index (χ0v) is 22.1. The van der Waals surface area contributed by atoms with E-state index in [-0.39, 0.29) is 11.3 Å². The van der Waals surface area contributed by atoms with Gasteiger partial charge >= 0.3 is 0 Å². The molecule has 0 saturated carbocycles. The first-order valence-corrected chi connectivity index (χ1v) is 12.5. The molecule has 0 aliphatic carbocycles. The number of ether oxygens (including phenoxy) is 1. The fraction of sp³-hybridized carbons (Fsp3) is 0.333. The maximum atomic E-state index is 12.3. The number of rotatable bonds is 7. The Morgan fingerprint density at radius 3 is 2.48 bits per heavy atom. The third kappa shape index (κ3) is 6.64. The van der Waals surface area contributed by atoms with Gasteiger partial charge in [-0.05, 0) is 64.5 Å². The molecular weight excluding hydrogens is 540 g/mol. The summed E-state index contributed by atoms with van der Waals surface area (Å²) in [4.78, 5) is 18.0. The number of hydrogen-bond donors (Lipinski definition) is 1. The minimum absolute atomic E-state index is 0.0538. The zero-order valence-electron chi connectivity index (χ0n) is 18.1. The van der Waals surface area contributed by atoms with Gasteiger partial charge in [-0.1, -0.05) is 54.9 Å². The molecule has 0 radical (unpaired) electrons. The summed E-state index contributed by atoms with van der Waals surface area (Å²) < 4.78 is 7.81. The number of nitrogens with one attached hydrogen (secondary N) is 1. The fourth-order valence-electron chi connectivity index (χ4n) is 3.01. The molecule has 0 saturated heterocycles. The molecule has 4 nitrogen and oxygen atoms in total. The smallest absolute Gasteiger partial charge is 0.226 e. The Kier molecular flexibility index (Phi) is 7.94. The molecule has 164 valence electrons. The predicted octanol–water partition coefficient (Wildman–Crippen LogP) is 7.74. The van der Waals surface area contributed by atoms with E-state index in [4.69, 9.17) is 4.74 Å². The number of anilines is 1. The second kappa shape index (κ2) is 10.3. The van der Waals surface area contributed by atoms with Gasteiger partial charge in [0.25, 0.3) is 0 Å². The van der Waals surface area contributed by atoms with Crippen molar-refractivity contribution in [2.45, 2.75) is 46.0 Å². The van der Waals surface area contributed by atoms with Gasteiger partial charge in [-0.2, -0.15) is 0 Å². The minimum Gasteiger partial charge on any atom is -0.492 e. The van der Waals surface area contributed by atoms with Crippen molar-refractivity contribution < 1.29 is 9.53 Å². The molecule has 1 amide bonds. The summed E-state index contributed by atoms with van der Waals surface area (Å²) in [5.41, 5.74) is 3.27. The van der Waals surface area contributed by atoms with Crippen molar-refractivity contribution in [3.8, 4) is 17.0 Å². The lowest BCUT2D eigenvalue weighted by Crippen LogP contribution is -2.13. The maximum Gasteiger partial charge on any atom is 0.226 e. The number of aromatic nitrogens is 1. The average molecular weight is 566 g/mol. The summed E-state index contributed by atoms with van der Waals surface area (Å²) in [5, 5.41) is 3.54. The first kappa shape index (κ1) is 24.0. The van der Waals surface area contributed by atoms with Gasteiger partial charge < -0.3 is 10.1 Å². The van der Waals surface area contributed by atoms with Crippen LogP contribution in [0.1, 0.15) is 44.1 Å². The number of halogens is 2. The van der Waals surface area contributed by atoms with E-state index < -0.39 is 0 Å². The number of thiazole rings is 1. The van der Waals surface area contributed by atoms with Crippen LogP contribution < -0.4 is 10.1 Å². The SMILES string of the molecule is Cc1sc(NC(=O)CCCOc2ccc(C(C)(C)C)cc2Br)nc1-c1ccc(Br)cc1. The maximum absolute atomic E-state index is 12.3. The molecule has 0 fully saturated rings. The van der Waals surface area contributed by atoms with E-state index in [1.807, 2.05) is 37.3 Å². The zero-order chi connectivity index (χ0) is 22.6. The summed E-state index contributed by atoms with van der Waals surface area (Å²) >= 11 is 8.52. The topological polar surface area (TPSA) is 51.2 Å². The van der Waals surface area contributed by atoms with Crippen molar-refractivity contribution >= 4 is 54.2 Å². The van der Waals surface area contributed by atoms with Crippen LogP contribution in [0.3, 0.4) is 0 Å². The highest BCUT2D eigenvalue weighted by Gasteiger charge is 2.16. The first-order valence-electron chi connectivity index (χ1n) is 10.1. The minimum atomic E-state index is -0.0538. The largest absolute Gasteiger partial charge is 0.492 e. The molecule has 1 aromatic heterocycles. The van der Waals surface area contributed by atoms with E-state index >= 15 is 0 Å². The van der Waals surface area contributed by atoms with Gasteiger partial charge in [-0.25, -0.2) is 4.98 Å². The second-order valence-electron chi connectivity index (χ2n) is 8.33. The van der Waals surface area contributed by atoms with Gasteiger partial charge in [0.2, 0.25) is 5.91 Å². The third-order valence-electron chi connectivity index (χ3n) is 4.76. The van der Waals surface area contributed by atoms with Crippen LogP contribution in [0.5, 0.6) is 5.75 Å². The van der Waals surface area contributed by atoms with Gasteiger partial charge in [0.1, 0.15) is 5.75 Å². The molecule has 0 bridgehead atoms. The highest BCUT2D eigenvalue weighted by molar-refractivity contribution is 9.10. The number of benzene rings is 2. The van der Waals surface area contributed by atoms with Gasteiger partial charge in [0.05, 0.1) is 16.8 Å². The molecule has 2 aromatic carbocycles. The fourth-order valence-corrected chi connectivity index (χ4v) is 4.62. The van der Waals surface area contributed by atoms with E-state index in [1.165, 1.54) is 16.9 Å². The van der Waals surface area contributed by atoms with Gasteiger partial charge in [-0.3, -0.25) is 4.79 Å². The monoisotopic (exact) mass is 564 g/mol. The van der Waals surface area contributed by atoms with Crippen LogP contribution in [-0.2, 0) is 10.2 Å².